The average molecular weight is 592 g/mol. The Morgan fingerprint density at radius 3 is 2.79 bits per heavy atom. The molecule has 0 aromatic carbocycles. The Labute approximate surface area is 253 Å². The Hall–Kier alpha value is -3.60. The summed E-state index contributed by atoms with van der Waals surface area (Å²) in [4.78, 5) is 33.4. The van der Waals surface area contributed by atoms with Crippen LogP contribution in [0.2, 0.25) is 0 Å². The minimum Gasteiger partial charge on any atom is -0.484 e. The van der Waals surface area contributed by atoms with Gasteiger partial charge in [-0.2, -0.15) is 0 Å². The number of aryl methyl sites for hydroxylation is 1. The number of ether oxygens (including phenoxy) is 2. The average Bonchev–Trinajstić information content (AvgIpc) is 3.42. The predicted octanol–water partition coefficient (Wildman–Crippen LogP) is 3.18. The minimum atomic E-state index is -0.921. The number of hydrogen-bond acceptors (Lipinski definition) is 9. The summed E-state index contributed by atoms with van der Waals surface area (Å²) in [5.41, 5.74) is 6.92. The van der Waals surface area contributed by atoms with Gasteiger partial charge in [0, 0.05) is 57.1 Å². The number of fused-ring (bicyclic) bond motifs is 6. The van der Waals surface area contributed by atoms with Crippen LogP contribution >= 0.6 is 0 Å². The predicted molar refractivity (Wildman–Crippen MR) is 164 cm³/mol. The first-order valence-corrected chi connectivity index (χ1v) is 15.7. The summed E-state index contributed by atoms with van der Waals surface area (Å²) in [5, 5.41) is 0. The van der Waals surface area contributed by atoms with Crippen LogP contribution in [-0.4, -0.2) is 104 Å². The van der Waals surface area contributed by atoms with Crippen LogP contribution in [0.1, 0.15) is 43.0 Å². The molecule has 0 N–H and O–H groups in total. The second-order valence-corrected chi connectivity index (χ2v) is 12.8. The number of amides is 1. The molecule has 0 radical (unpaired) electrons. The van der Waals surface area contributed by atoms with Crippen molar-refractivity contribution in [3.63, 3.8) is 0 Å². The molecule has 1 amide bonds. The number of likely N-dealkylation sites (tertiary alicyclic amines) is 1. The van der Waals surface area contributed by atoms with Crippen LogP contribution < -0.4 is 24.2 Å². The summed E-state index contributed by atoms with van der Waals surface area (Å²) in [7, 11) is 4.32. The zero-order valence-corrected chi connectivity index (χ0v) is 25.5. The highest BCUT2D eigenvalue weighted by atomic mass is 19.1. The van der Waals surface area contributed by atoms with E-state index in [1.807, 2.05) is 19.3 Å². The molecule has 2 fully saturated rings. The van der Waals surface area contributed by atoms with Crippen molar-refractivity contribution in [2.24, 2.45) is 0 Å². The molecule has 3 atom stereocenters. The van der Waals surface area contributed by atoms with Crippen LogP contribution in [0.5, 0.6) is 11.6 Å². The number of pyridine rings is 2. The number of piperazine rings is 1. The van der Waals surface area contributed by atoms with E-state index in [0.717, 1.165) is 62.4 Å². The number of hydrogen-bond donors (Lipinski definition) is 0. The van der Waals surface area contributed by atoms with Crippen molar-refractivity contribution in [1.29, 1.82) is 0 Å². The third-order valence-corrected chi connectivity index (χ3v) is 10.0. The molecule has 2 aromatic rings. The highest BCUT2D eigenvalue weighted by molar-refractivity contribution is 5.91. The molecular formula is C32H42FN7O3. The zero-order valence-electron chi connectivity index (χ0n) is 25.5. The van der Waals surface area contributed by atoms with E-state index in [-0.39, 0.29) is 12.1 Å². The lowest BCUT2D eigenvalue weighted by molar-refractivity contribution is -0.131. The summed E-state index contributed by atoms with van der Waals surface area (Å²) < 4.78 is 26.8. The fraction of sp³-hybridized carbons (Fsp3) is 0.594. The van der Waals surface area contributed by atoms with Gasteiger partial charge in [0.1, 0.15) is 13.2 Å². The van der Waals surface area contributed by atoms with Gasteiger partial charge < -0.3 is 34.0 Å². The van der Waals surface area contributed by atoms with Crippen LogP contribution in [0, 0.1) is 0 Å². The summed E-state index contributed by atoms with van der Waals surface area (Å²) in [6.45, 7) is 10.7. The van der Waals surface area contributed by atoms with E-state index in [1.54, 1.807) is 4.90 Å². The summed E-state index contributed by atoms with van der Waals surface area (Å²) in [6, 6.07) is 0.0755. The number of likely N-dealkylation sites (N-methyl/N-ethyl adjacent to an activating group) is 1. The maximum absolute atomic E-state index is 13.9. The van der Waals surface area contributed by atoms with Crippen molar-refractivity contribution < 1.29 is 18.7 Å². The first kappa shape index (κ1) is 28.2. The molecule has 7 rings (SSSR count). The van der Waals surface area contributed by atoms with E-state index in [2.05, 4.69) is 45.3 Å². The van der Waals surface area contributed by atoms with Crippen LogP contribution in [0.3, 0.4) is 0 Å². The molecule has 2 saturated heterocycles. The van der Waals surface area contributed by atoms with E-state index < -0.39 is 11.7 Å². The molecule has 0 saturated carbocycles. The molecule has 43 heavy (non-hydrogen) atoms. The standard InChI is InChI=1S/C32H42FN7O3/c1-20-15-40-24(16-39(20)32(41)21(2)33)19-42-30-29(40)25-9-12-38(27-14-34-13-22-7-5-11-37(4)28(22)27)17-26(25)35-31(30)43-18-23-8-6-10-36(23)3/h13-14,20,23-24H,2,5-12,15-19H2,1,3-4H3/t20-,23+,24-/m1/s1. The highest BCUT2D eigenvalue weighted by Gasteiger charge is 2.43. The summed E-state index contributed by atoms with van der Waals surface area (Å²) in [5.74, 6) is -0.317. The Kier molecular flexibility index (Phi) is 7.31. The molecule has 10 nitrogen and oxygen atoms in total. The number of halogens is 1. The van der Waals surface area contributed by atoms with E-state index >= 15 is 0 Å². The van der Waals surface area contributed by atoms with E-state index in [0.29, 0.717) is 50.5 Å². The summed E-state index contributed by atoms with van der Waals surface area (Å²) in [6.07, 6.45) is 9.26. The highest BCUT2D eigenvalue weighted by Crippen LogP contribution is 2.48. The van der Waals surface area contributed by atoms with Gasteiger partial charge in [-0.05, 0) is 58.2 Å². The van der Waals surface area contributed by atoms with Gasteiger partial charge in [-0.1, -0.05) is 6.58 Å². The maximum Gasteiger partial charge on any atom is 0.282 e. The second kappa shape index (κ2) is 11.2. The van der Waals surface area contributed by atoms with Crippen molar-refractivity contribution in [2.75, 3.05) is 74.7 Å². The number of rotatable bonds is 5. The van der Waals surface area contributed by atoms with Gasteiger partial charge in [0.2, 0.25) is 5.75 Å². The Morgan fingerprint density at radius 2 is 2.00 bits per heavy atom. The first-order valence-electron chi connectivity index (χ1n) is 15.7. The Balaban J connectivity index is 1.25. The van der Waals surface area contributed by atoms with Crippen LogP contribution in [-0.2, 0) is 24.2 Å². The van der Waals surface area contributed by atoms with Crippen molar-refractivity contribution in [1.82, 2.24) is 19.8 Å². The SMILES string of the molecule is C=C(F)C(=O)N1C[C@@H]2COc3c(OC[C@@H]4CCCN4C)nc4c(c3N2C[C@H]1C)CCN(c1cncc2c1N(C)CCC2)C4. The van der Waals surface area contributed by atoms with Gasteiger partial charge in [-0.15, -0.1) is 0 Å². The van der Waals surface area contributed by atoms with E-state index in [9.17, 15) is 9.18 Å². The summed E-state index contributed by atoms with van der Waals surface area (Å²) >= 11 is 0. The lowest BCUT2D eigenvalue weighted by Crippen LogP contribution is -2.62. The fourth-order valence-corrected chi connectivity index (χ4v) is 7.65. The number of aromatic nitrogens is 2. The largest absolute Gasteiger partial charge is 0.484 e. The number of carbonyl (C=O) groups excluding carboxylic acids is 1. The van der Waals surface area contributed by atoms with Gasteiger partial charge in [0.15, 0.2) is 5.83 Å². The number of nitrogens with zero attached hydrogens (tertiary/aromatic N) is 7. The number of carbonyl (C=O) groups is 1. The molecule has 0 spiro atoms. The van der Waals surface area contributed by atoms with Crippen LogP contribution in [0.4, 0.5) is 21.5 Å². The molecular weight excluding hydrogens is 549 g/mol. The molecule has 230 valence electrons. The van der Waals surface area contributed by atoms with Gasteiger partial charge in [0.05, 0.1) is 41.5 Å². The fourth-order valence-electron chi connectivity index (χ4n) is 7.65. The third-order valence-electron chi connectivity index (χ3n) is 10.0. The van der Waals surface area contributed by atoms with E-state index in [4.69, 9.17) is 14.5 Å². The van der Waals surface area contributed by atoms with Gasteiger partial charge in [-0.25, -0.2) is 9.37 Å². The normalized spacial score (nSPS) is 25.0. The third kappa shape index (κ3) is 4.95. The Morgan fingerprint density at radius 1 is 1.14 bits per heavy atom. The van der Waals surface area contributed by atoms with Crippen molar-refractivity contribution in [2.45, 2.75) is 63.7 Å². The minimum absolute atomic E-state index is 0.0932. The lowest BCUT2D eigenvalue weighted by Gasteiger charge is -2.49. The number of anilines is 3. The Bertz CT molecular complexity index is 1440. The molecule has 5 aliphatic heterocycles. The molecule has 2 aromatic heterocycles. The molecule has 0 unspecified atom stereocenters. The second-order valence-electron chi connectivity index (χ2n) is 12.8. The van der Waals surface area contributed by atoms with Gasteiger partial charge in [-0.3, -0.25) is 9.78 Å². The van der Waals surface area contributed by atoms with Crippen molar-refractivity contribution in [3.05, 3.63) is 41.6 Å². The van der Waals surface area contributed by atoms with Crippen LogP contribution in [0.25, 0.3) is 0 Å². The topological polar surface area (TPSA) is 77.5 Å². The van der Waals surface area contributed by atoms with E-state index in [1.165, 1.54) is 23.2 Å². The smallest absolute Gasteiger partial charge is 0.282 e. The van der Waals surface area contributed by atoms with Crippen LogP contribution in [0.15, 0.2) is 24.8 Å². The monoisotopic (exact) mass is 591 g/mol. The molecule has 5 aliphatic rings. The van der Waals surface area contributed by atoms with Crippen molar-refractivity contribution in [3.8, 4) is 11.6 Å². The zero-order chi connectivity index (χ0) is 29.8. The molecule has 7 heterocycles. The lowest BCUT2D eigenvalue weighted by atomic mass is 9.96. The van der Waals surface area contributed by atoms with Crippen molar-refractivity contribution >= 4 is 23.0 Å². The first-order chi connectivity index (χ1) is 20.8. The van der Waals surface area contributed by atoms with Gasteiger partial charge in [0.25, 0.3) is 11.8 Å². The maximum atomic E-state index is 13.9. The molecule has 11 heteroatoms. The molecule has 0 aliphatic carbocycles. The molecule has 0 bridgehead atoms. The van der Waals surface area contributed by atoms with Gasteiger partial charge >= 0.3 is 0 Å². The quantitative estimate of drug-likeness (QED) is 0.488.